The van der Waals surface area contributed by atoms with Crippen LogP contribution in [0.3, 0.4) is 0 Å². The number of amidine groups is 1. The average molecular weight is 502 g/mol. The molecule has 0 spiro atoms. The van der Waals surface area contributed by atoms with Gasteiger partial charge in [0, 0.05) is 22.7 Å². The number of nitrogens with zero attached hydrogens (tertiary/aromatic N) is 1. The maximum Gasteiger partial charge on any atom is 0.326 e. The molecule has 0 saturated heterocycles. The monoisotopic (exact) mass is 501 g/mol. The minimum Gasteiger partial charge on any atom is -0.489 e. The van der Waals surface area contributed by atoms with Gasteiger partial charge in [0.1, 0.15) is 30.0 Å². The minimum absolute atomic E-state index is 0.112. The molecule has 0 saturated carbocycles. The van der Waals surface area contributed by atoms with Crippen LogP contribution in [0.15, 0.2) is 70.4 Å². The Bertz CT molecular complexity index is 1410. The van der Waals surface area contributed by atoms with Gasteiger partial charge in [-0.3, -0.25) is 10.2 Å². The molecule has 1 aromatic heterocycles. The quantitative estimate of drug-likeness (QED) is 0.134. The first-order valence-electron chi connectivity index (χ1n) is 9.99. The van der Waals surface area contributed by atoms with E-state index < -0.39 is 17.5 Å². The van der Waals surface area contributed by atoms with Crippen molar-refractivity contribution in [1.82, 2.24) is 5.43 Å². The first kappa shape index (κ1) is 23.8. The fourth-order valence-corrected chi connectivity index (χ4v) is 3.33. The molecule has 3 aromatic carbocycles. The smallest absolute Gasteiger partial charge is 0.326 e. The number of hydrogen-bond donors (Lipinski definition) is 4. The lowest BCUT2D eigenvalue weighted by molar-refractivity contribution is 0.102. The Kier molecular flexibility index (Phi) is 6.99. The van der Waals surface area contributed by atoms with Crippen molar-refractivity contribution in [3.8, 4) is 11.5 Å². The zero-order chi connectivity index (χ0) is 24.9. The number of ether oxygens (including phenoxy) is 2. The van der Waals surface area contributed by atoms with Crippen molar-refractivity contribution in [2.45, 2.75) is 6.61 Å². The lowest BCUT2D eigenvalue weighted by atomic mass is 10.1. The van der Waals surface area contributed by atoms with Crippen molar-refractivity contribution < 1.29 is 27.5 Å². The van der Waals surface area contributed by atoms with Crippen LogP contribution >= 0.6 is 11.6 Å². The predicted molar refractivity (Wildman–Crippen MR) is 126 cm³/mol. The molecule has 0 aliphatic rings. The molecular weight excluding hydrogens is 484 g/mol. The molecule has 12 heteroatoms. The summed E-state index contributed by atoms with van der Waals surface area (Å²) in [6.45, 7) is 0.142. The number of anilines is 1. The number of carbonyl (C=O) groups excluding carboxylic acids is 1. The number of halogens is 3. The topological polar surface area (TPSA) is 137 Å². The zero-order valence-electron chi connectivity index (χ0n) is 17.8. The Morgan fingerprint density at radius 2 is 1.89 bits per heavy atom. The van der Waals surface area contributed by atoms with Gasteiger partial charge in [-0.2, -0.15) is 0 Å². The molecule has 0 atom stereocenters. The van der Waals surface area contributed by atoms with E-state index in [-0.39, 0.29) is 39.9 Å². The van der Waals surface area contributed by atoms with E-state index in [1.807, 2.05) is 0 Å². The first-order chi connectivity index (χ1) is 16.9. The van der Waals surface area contributed by atoms with Crippen LogP contribution in [0.4, 0.5) is 14.5 Å². The van der Waals surface area contributed by atoms with Crippen LogP contribution in [0.5, 0.6) is 11.5 Å². The van der Waals surface area contributed by atoms with Gasteiger partial charge in [-0.1, -0.05) is 17.7 Å². The number of carbonyl (C=O) groups is 1. The molecule has 0 unspecified atom stereocenters. The number of hydrazine groups is 1. The number of hydrogen-bond acceptors (Lipinski definition) is 7. The zero-order valence-corrected chi connectivity index (χ0v) is 18.6. The summed E-state index contributed by atoms with van der Waals surface area (Å²) >= 11 is 6.00. The van der Waals surface area contributed by atoms with Gasteiger partial charge in [0.25, 0.3) is 5.91 Å². The first-order valence-corrected chi connectivity index (χ1v) is 10.4. The molecule has 4 aromatic rings. The molecule has 4 rings (SSSR count). The van der Waals surface area contributed by atoms with Crippen molar-refractivity contribution in [2.75, 3.05) is 5.32 Å². The Morgan fingerprint density at radius 3 is 2.57 bits per heavy atom. The fourth-order valence-electron chi connectivity index (χ4n) is 3.11. The summed E-state index contributed by atoms with van der Waals surface area (Å²) < 4.78 is 43.8. The Morgan fingerprint density at radius 1 is 1.11 bits per heavy atom. The minimum atomic E-state index is -0.785. The van der Waals surface area contributed by atoms with Gasteiger partial charge < -0.3 is 25.1 Å². The van der Waals surface area contributed by atoms with Crippen LogP contribution in [0.25, 0.3) is 11.0 Å². The van der Waals surface area contributed by atoms with Gasteiger partial charge in [0.2, 0.25) is 0 Å². The lowest BCUT2D eigenvalue weighted by Gasteiger charge is -2.09. The molecule has 9 nitrogen and oxygen atoms in total. The van der Waals surface area contributed by atoms with Gasteiger partial charge in [-0.15, -0.1) is 5.10 Å². The summed E-state index contributed by atoms with van der Waals surface area (Å²) in [6, 6.07) is 12.6. The summed E-state index contributed by atoms with van der Waals surface area (Å²) in [5, 5.41) is 6.41. The third kappa shape index (κ3) is 5.42. The van der Waals surface area contributed by atoms with Crippen LogP contribution < -0.4 is 31.9 Å². The average Bonchev–Trinajstić information content (AvgIpc) is 3.25. The molecule has 1 heterocycles. The van der Waals surface area contributed by atoms with E-state index in [2.05, 4.69) is 15.8 Å². The number of nitrogens with two attached hydrogens (primary N) is 2. The number of furan rings is 1. The Hall–Kier alpha value is -4.35. The highest BCUT2D eigenvalue weighted by Crippen LogP contribution is 2.29. The van der Waals surface area contributed by atoms with Crippen molar-refractivity contribution >= 4 is 40.2 Å². The molecule has 180 valence electrons. The van der Waals surface area contributed by atoms with Crippen molar-refractivity contribution in [1.29, 1.82) is 0 Å². The van der Waals surface area contributed by atoms with Crippen LogP contribution in [0.1, 0.15) is 15.9 Å². The van der Waals surface area contributed by atoms with E-state index in [0.29, 0.717) is 17.0 Å². The molecule has 0 fully saturated rings. The summed E-state index contributed by atoms with van der Waals surface area (Å²) in [7, 11) is 0. The Labute approximate surface area is 202 Å². The predicted octanol–water partition coefficient (Wildman–Crippen LogP) is 4.27. The molecule has 0 radical (unpaired) electrons. The SMILES string of the molecule is NN=C(NN)Oc1cc2occ(C(=O)Nc3ccc(OCc4ccc(F)cc4Cl)cc3)c2cc1F. The van der Waals surface area contributed by atoms with Gasteiger partial charge in [0.15, 0.2) is 11.6 Å². The second kappa shape index (κ2) is 10.3. The number of nitrogens with one attached hydrogen (secondary N) is 2. The third-order valence-corrected chi connectivity index (χ3v) is 5.19. The highest BCUT2D eigenvalue weighted by molar-refractivity contribution is 6.31. The molecular formula is C23H18ClF2N5O4. The molecule has 1 amide bonds. The van der Waals surface area contributed by atoms with E-state index in [9.17, 15) is 13.6 Å². The van der Waals surface area contributed by atoms with Crippen LogP contribution in [0, 0.1) is 11.6 Å². The second-order valence-electron chi connectivity index (χ2n) is 7.11. The van der Waals surface area contributed by atoms with E-state index in [0.717, 1.165) is 6.07 Å². The van der Waals surface area contributed by atoms with E-state index >= 15 is 0 Å². The number of benzene rings is 3. The standard InChI is InChI=1S/C23H18ClF2N5O4/c24-18-7-13(25)2-1-12(18)10-33-15-5-3-14(4-6-15)29-22(32)17-11-34-20-9-21(19(26)8-16(17)20)35-23(30-27)31-28/h1-9,11H,10,27-28H2,(H,29,32)(H,30,31). The molecule has 0 aliphatic carbocycles. The van der Waals surface area contributed by atoms with E-state index in [4.69, 9.17) is 37.2 Å². The largest absolute Gasteiger partial charge is 0.489 e. The second-order valence-corrected chi connectivity index (χ2v) is 7.52. The van der Waals surface area contributed by atoms with E-state index in [1.165, 1.54) is 24.5 Å². The van der Waals surface area contributed by atoms with Crippen LogP contribution in [-0.4, -0.2) is 11.9 Å². The number of hydrazone groups is 1. The normalized spacial score (nSPS) is 11.4. The number of rotatable bonds is 6. The lowest BCUT2D eigenvalue weighted by Crippen LogP contribution is -2.35. The molecule has 0 aliphatic heterocycles. The van der Waals surface area contributed by atoms with Crippen LogP contribution in [-0.2, 0) is 6.61 Å². The number of amides is 1. The summed E-state index contributed by atoms with van der Waals surface area (Å²) in [6.07, 6.45) is 1.20. The van der Waals surface area contributed by atoms with Crippen molar-refractivity contribution in [3.05, 3.63) is 88.6 Å². The maximum atomic E-state index is 14.5. The van der Waals surface area contributed by atoms with Crippen LogP contribution in [0.2, 0.25) is 5.02 Å². The molecule has 35 heavy (non-hydrogen) atoms. The molecule has 0 bridgehead atoms. The summed E-state index contributed by atoms with van der Waals surface area (Å²) in [5.74, 6) is 8.76. The fraction of sp³-hybridized carbons (Fsp3) is 0.0435. The van der Waals surface area contributed by atoms with Gasteiger partial charge >= 0.3 is 6.02 Å². The van der Waals surface area contributed by atoms with Gasteiger partial charge in [-0.05, 0) is 42.5 Å². The highest BCUT2D eigenvalue weighted by Gasteiger charge is 2.18. The molecule has 6 N–H and O–H groups in total. The number of fused-ring (bicyclic) bond motifs is 1. The summed E-state index contributed by atoms with van der Waals surface area (Å²) in [4.78, 5) is 12.8. The van der Waals surface area contributed by atoms with Crippen molar-refractivity contribution in [3.63, 3.8) is 0 Å². The maximum absolute atomic E-state index is 14.5. The van der Waals surface area contributed by atoms with Gasteiger partial charge in [0.05, 0.1) is 10.6 Å². The summed E-state index contributed by atoms with van der Waals surface area (Å²) in [5.41, 5.74) is 3.47. The van der Waals surface area contributed by atoms with Gasteiger partial charge in [-0.25, -0.2) is 14.6 Å². The third-order valence-electron chi connectivity index (χ3n) is 4.84. The van der Waals surface area contributed by atoms with E-state index in [1.54, 1.807) is 30.3 Å². The highest BCUT2D eigenvalue weighted by atomic mass is 35.5. The van der Waals surface area contributed by atoms with Crippen molar-refractivity contribution in [2.24, 2.45) is 16.8 Å². The Balaban J connectivity index is 1.43.